The summed E-state index contributed by atoms with van der Waals surface area (Å²) in [5, 5.41) is 10.7. The minimum absolute atomic E-state index is 0.303. The molecule has 75 valence electrons. The maximum atomic E-state index is 3.54. The second kappa shape index (κ2) is 4.59. The first-order valence-corrected chi connectivity index (χ1v) is 5.08. The molecule has 0 spiro atoms. The molecule has 3 radical (unpaired) electrons. The van der Waals surface area contributed by atoms with Crippen molar-refractivity contribution >= 4 is 21.1 Å². The quantitative estimate of drug-likeness (QED) is 0.479. The Hall–Kier alpha value is -0.843. The van der Waals surface area contributed by atoms with Crippen LogP contribution in [0.5, 0.6) is 0 Å². The van der Waals surface area contributed by atoms with E-state index in [0.717, 1.165) is 10.9 Å². The maximum Gasteiger partial charge on any atom is 0.140 e. The summed E-state index contributed by atoms with van der Waals surface area (Å²) in [4.78, 5) is 0. The van der Waals surface area contributed by atoms with E-state index in [4.69, 9.17) is 0 Å². The fourth-order valence-corrected chi connectivity index (χ4v) is 1.35. The Balaban J connectivity index is 2.82. The third-order valence-electron chi connectivity index (χ3n) is 2.31. The summed E-state index contributed by atoms with van der Waals surface area (Å²) in [7, 11) is 7.35. The number of hydrogen-bond donors (Lipinski definition) is 3. The van der Waals surface area contributed by atoms with Crippen LogP contribution >= 0.6 is 0 Å². The van der Waals surface area contributed by atoms with Gasteiger partial charge in [0, 0.05) is 5.69 Å². The number of anilines is 1. The molecule has 0 aliphatic rings. The summed E-state index contributed by atoms with van der Waals surface area (Å²) < 4.78 is 0. The molecule has 4 heteroatoms. The molecule has 0 atom stereocenters. The van der Waals surface area contributed by atoms with Gasteiger partial charge in [0.2, 0.25) is 0 Å². The highest BCUT2D eigenvalue weighted by Crippen LogP contribution is 2.07. The number of para-hydroxylation sites is 1. The van der Waals surface area contributed by atoms with Crippen LogP contribution in [0.3, 0.4) is 0 Å². The van der Waals surface area contributed by atoms with Crippen LogP contribution in [-0.2, 0) is 0 Å². The fraction of sp³-hybridized carbons (Fsp3) is 0.400. The molecule has 0 aliphatic heterocycles. The van der Waals surface area contributed by atoms with Crippen LogP contribution in [0.25, 0.3) is 0 Å². The predicted molar refractivity (Wildman–Crippen MR) is 62.0 cm³/mol. The molecule has 3 nitrogen and oxygen atoms in total. The molecule has 0 heterocycles. The van der Waals surface area contributed by atoms with E-state index in [-0.39, 0.29) is 5.79 Å². The van der Waals surface area contributed by atoms with E-state index in [1.165, 1.54) is 0 Å². The Kier molecular flexibility index (Phi) is 3.68. The third-order valence-corrected chi connectivity index (χ3v) is 2.75. The van der Waals surface area contributed by atoms with Crippen LogP contribution in [0.2, 0.25) is 0 Å². The van der Waals surface area contributed by atoms with Crippen LogP contribution in [0.1, 0.15) is 6.92 Å². The number of rotatable bonds is 4. The summed E-state index contributed by atoms with van der Waals surface area (Å²) in [6.45, 7) is 2.03. The van der Waals surface area contributed by atoms with Crippen molar-refractivity contribution in [3.05, 3.63) is 24.3 Å². The fourth-order valence-electron chi connectivity index (χ4n) is 1.11. The molecule has 14 heavy (non-hydrogen) atoms. The molecule has 3 N–H and O–H groups in total. The monoisotopic (exact) mass is 206 g/mol. The third kappa shape index (κ3) is 2.57. The summed E-state index contributed by atoms with van der Waals surface area (Å²) in [6, 6.07) is 8.02. The summed E-state index contributed by atoms with van der Waals surface area (Å²) >= 11 is 0. The Morgan fingerprint density at radius 2 is 1.71 bits per heavy atom. The summed E-state index contributed by atoms with van der Waals surface area (Å²) in [6.07, 6.45) is 0. The largest absolute Gasteiger partial charge is 0.355 e. The van der Waals surface area contributed by atoms with Crippen molar-refractivity contribution in [1.82, 2.24) is 10.6 Å². The molecular formula is C10H16N3Si. The lowest BCUT2D eigenvalue weighted by Gasteiger charge is -2.31. The van der Waals surface area contributed by atoms with E-state index >= 15 is 0 Å². The van der Waals surface area contributed by atoms with Crippen LogP contribution in [0.4, 0.5) is 5.69 Å². The van der Waals surface area contributed by atoms with Gasteiger partial charge in [-0.25, -0.2) is 0 Å². The standard InChI is InChI=1S/C10H16N3Si/c1-10(11-2,12-3)13-8-6-4-5-7-9(8)14/h4-7,11-13H,1-3H3. The molecule has 0 saturated carbocycles. The second-order valence-electron chi connectivity index (χ2n) is 3.30. The zero-order chi connectivity index (χ0) is 10.6. The summed E-state index contributed by atoms with van der Waals surface area (Å²) in [5.41, 5.74) is 1.05. The van der Waals surface area contributed by atoms with Crippen LogP contribution in [0, 0.1) is 0 Å². The average Bonchev–Trinajstić information content (AvgIpc) is 2.21. The molecule has 1 aromatic carbocycles. The van der Waals surface area contributed by atoms with Crippen molar-refractivity contribution < 1.29 is 0 Å². The number of nitrogens with one attached hydrogen (secondary N) is 3. The second-order valence-corrected chi connectivity index (χ2v) is 3.83. The number of hydrogen-bond acceptors (Lipinski definition) is 3. The number of benzene rings is 1. The predicted octanol–water partition coefficient (Wildman–Crippen LogP) is 0.00480. The zero-order valence-electron chi connectivity index (χ0n) is 8.81. The van der Waals surface area contributed by atoms with E-state index in [9.17, 15) is 0 Å². The lowest BCUT2D eigenvalue weighted by Crippen LogP contribution is -2.58. The first kappa shape index (κ1) is 11.2. The Labute approximate surface area is 88.7 Å². The van der Waals surface area contributed by atoms with Gasteiger partial charge in [-0.2, -0.15) is 0 Å². The smallest absolute Gasteiger partial charge is 0.140 e. The topological polar surface area (TPSA) is 36.1 Å². The van der Waals surface area contributed by atoms with Gasteiger partial charge in [0.05, 0.1) is 10.2 Å². The van der Waals surface area contributed by atoms with Crippen molar-refractivity contribution in [3.8, 4) is 0 Å². The molecule has 0 aromatic heterocycles. The Bertz CT molecular complexity index is 297. The van der Waals surface area contributed by atoms with Gasteiger partial charge >= 0.3 is 0 Å². The average molecular weight is 206 g/mol. The Morgan fingerprint density at radius 1 is 1.14 bits per heavy atom. The minimum Gasteiger partial charge on any atom is -0.355 e. The SMILES string of the molecule is CNC(C)(NC)Nc1ccccc1[Si]. The van der Waals surface area contributed by atoms with Gasteiger partial charge in [-0.15, -0.1) is 0 Å². The van der Waals surface area contributed by atoms with Gasteiger partial charge in [-0.05, 0) is 32.3 Å². The van der Waals surface area contributed by atoms with Gasteiger partial charge in [-0.1, -0.05) is 18.2 Å². The molecular weight excluding hydrogens is 190 g/mol. The van der Waals surface area contributed by atoms with Gasteiger partial charge in [0.15, 0.2) is 0 Å². The molecule has 0 amide bonds. The highest BCUT2D eigenvalue weighted by atomic mass is 28.1. The highest BCUT2D eigenvalue weighted by Gasteiger charge is 2.18. The maximum absolute atomic E-state index is 3.54. The van der Waals surface area contributed by atoms with Crippen LogP contribution in [-0.4, -0.2) is 30.1 Å². The molecule has 0 aliphatic carbocycles. The lowest BCUT2D eigenvalue weighted by molar-refractivity contribution is 0.377. The van der Waals surface area contributed by atoms with Gasteiger partial charge in [0.25, 0.3) is 0 Å². The van der Waals surface area contributed by atoms with Crippen molar-refractivity contribution in [3.63, 3.8) is 0 Å². The molecule has 0 bridgehead atoms. The zero-order valence-corrected chi connectivity index (χ0v) is 9.81. The van der Waals surface area contributed by atoms with E-state index in [2.05, 4.69) is 26.2 Å². The van der Waals surface area contributed by atoms with Crippen molar-refractivity contribution in [2.75, 3.05) is 19.4 Å². The van der Waals surface area contributed by atoms with Gasteiger partial charge in [-0.3, -0.25) is 10.6 Å². The van der Waals surface area contributed by atoms with E-state index in [1.807, 2.05) is 45.3 Å². The normalized spacial score (nSPS) is 11.4. The van der Waals surface area contributed by atoms with E-state index in [0.29, 0.717) is 0 Å². The molecule has 1 rings (SSSR count). The minimum atomic E-state index is -0.303. The molecule has 0 saturated heterocycles. The van der Waals surface area contributed by atoms with Crippen molar-refractivity contribution in [2.24, 2.45) is 0 Å². The molecule has 0 unspecified atom stereocenters. The molecule has 1 aromatic rings. The first-order chi connectivity index (χ1) is 6.61. The van der Waals surface area contributed by atoms with Crippen LogP contribution in [0.15, 0.2) is 24.3 Å². The lowest BCUT2D eigenvalue weighted by atomic mass is 10.3. The van der Waals surface area contributed by atoms with Crippen LogP contribution < -0.4 is 21.1 Å². The van der Waals surface area contributed by atoms with Gasteiger partial charge < -0.3 is 5.32 Å². The summed E-state index contributed by atoms with van der Waals surface area (Å²) in [5.74, 6) is -0.303. The van der Waals surface area contributed by atoms with Crippen molar-refractivity contribution in [2.45, 2.75) is 12.7 Å². The Morgan fingerprint density at radius 3 is 2.21 bits per heavy atom. The van der Waals surface area contributed by atoms with Crippen molar-refractivity contribution in [1.29, 1.82) is 0 Å². The first-order valence-electron chi connectivity index (χ1n) is 4.58. The van der Waals surface area contributed by atoms with Gasteiger partial charge in [0.1, 0.15) is 5.79 Å². The molecule has 0 fully saturated rings. The van der Waals surface area contributed by atoms with E-state index < -0.39 is 0 Å². The van der Waals surface area contributed by atoms with E-state index in [1.54, 1.807) is 0 Å². The highest BCUT2D eigenvalue weighted by molar-refractivity contribution is 6.35.